The number of halogens is 1. The van der Waals surface area contributed by atoms with Crippen LogP contribution >= 0.6 is 11.6 Å². The minimum absolute atomic E-state index is 0.110. The molecule has 106 valence electrons. The van der Waals surface area contributed by atoms with Crippen molar-refractivity contribution in [3.05, 3.63) is 34.9 Å². The average Bonchev–Trinajstić information content (AvgIpc) is 2.37. The Kier molecular flexibility index (Phi) is 6.32. The molecule has 0 saturated carbocycles. The van der Waals surface area contributed by atoms with Gasteiger partial charge in [0.1, 0.15) is 0 Å². The van der Waals surface area contributed by atoms with Gasteiger partial charge in [-0.1, -0.05) is 37.6 Å². The Labute approximate surface area is 120 Å². The highest BCUT2D eigenvalue weighted by Crippen LogP contribution is 2.11. The van der Waals surface area contributed by atoms with E-state index in [-0.39, 0.29) is 11.9 Å². The smallest absolute Gasteiger partial charge is 0.226 e. The summed E-state index contributed by atoms with van der Waals surface area (Å²) in [7, 11) is 1.82. The third kappa shape index (κ3) is 5.62. The first-order valence-electron chi connectivity index (χ1n) is 6.64. The summed E-state index contributed by atoms with van der Waals surface area (Å²) in [6.45, 7) is 4.90. The van der Waals surface area contributed by atoms with E-state index in [2.05, 4.69) is 13.8 Å². The van der Waals surface area contributed by atoms with Crippen molar-refractivity contribution in [1.29, 1.82) is 0 Å². The molecule has 1 amide bonds. The van der Waals surface area contributed by atoms with Crippen LogP contribution in [0.5, 0.6) is 0 Å². The summed E-state index contributed by atoms with van der Waals surface area (Å²) < 4.78 is 0. The number of amides is 1. The molecule has 0 aliphatic rings. The minimum atomic E-state index is 0.110. The molecule has 0 spiro atoms. The molecule has 1 rings (SSSR count). The van der Waals surface area contributed by atoms with Gasteiger partial charge < -0.3 is 10.6 Å². The van der Waals surface area contributed by atoms with E-state index >= 15 is 0 Å². The summed E-state index contributed by atoms with van der Waals surface area (Å²) in [6.07, 6.45) is 1.24. The molecule has 0 saturated heterocycles. The molecule has 3 nitrogen and oxygen atoms in total. The number of rotatable bonds is 6. The highest BCUT2D eigenvalue weighted by molar-refractivity contribution is 6.30. The molecule has 0 aromatic heterocycles. The molecule has 0 bridgehead atoms. The number of likely N-dealkylation sites (N-methyl/N-ethyl adjacent to an activating group) is 1. The molecule has 1 aromatic carbocycles. The second-order valence-corrected chi connectivity index (χ2v) is 5.75. The van der Waals surface area contributed by atoms with Crippen molar-refractivity contribution in [2.45, 2.75) is 32.7 Å². The molecule has 4 heteroatoms. The van der Waals surface area contributed by atoms with Gasteiger partial charge in [-0.25, -0.2) is 0 Å². The van der Waals surface area contributed by atoms with Crippen LogP contribution in [0.2, 0.25) is 5.02 Å². The van der Waals surface area contributed by atoms with Gasteiger partial charge in [0.15, 0.2) is 0 Å². The molecule has 0 heterocycles. The molecule has 0 radical (unpaired) electrons. The lowest BCUT2D eigenvalue weighted by atomic mass is 10.0. The predicted molar refractivity (Wildman–Crippen MR) is 80.2 cm³/mol. The fraction of sp³-hybridized carbons (Fsp3) is 0.533. The number of carbonyl (C=O) groups excluding carboxylic acids is 1. The highest BCUT2D eigenvalue weighted by Gasteiger charge is 2.13. The molecule has 1 atom stereocenters. The Hall–Kier alpha value is -1.06. The fourth-order valence-corrected chi connectivity index (χ4v) is 1.84. The second-order valence-electron chi connectivity index (χ2n) is 5.32. The van der Waals surface area contributed by atoms with Crippen LogP contribution in [0.15, 0.2) is 24.3 Å². The predicted octanol–water partition coefficient (Wildman–Crippen LogP) is 2.71. The molecule has 0 aliphatic carbocycles. The van der Waals surface area contributed by atoms with Crippen LogP contribution < -0.4 is 5.73 Å². The van der Waals surface area contributed by atoms with Gasteiger partial charge in [-0.05, 0) is 30.0 Å². The number of carbonyl (C=O) groups is 1. The molecule has 2 N–H and O–H groups in total. The summed E-state index contributed by atoms with van der Waals surface area (Å²) in [6, 6.07) is 7.52. The van der Waals surface area contributed by atoms with Crippen molar-refractivity contribution in [2.75, 3.05) is 13.6 Å². The topological polar surface area (TPSA) is 46.3 Å². The zero-order valence-corrected chi connectivity index (χ0v) is 12.7. The zero-order chi connectivity index (χ0) is 14.4. The first-order valence-corrected chi connectivity index (χ1v) is 7.02. The largest absolute Gasteiger partial charge is 0.345 e. The first-order chi connectivity index (χ1) is 8.90. The van der Waals surface area contributed by atoms with Crippen molar-refractivity contribution in [3.63, 3.8) is 0 Å². The van der Waals surface area contributed by atoms with Gasteiger partial charge in [0, 0.05) is 24.7 Å². The van der Waals surface area contributed by atoms with Gasteiger partial charge in [-0.2, -0.15) is 0 Å². The Morgan fingerprint density at radius 3 is 2.42 bits per heavy atom. The summed E-state index contributed by atoms with van der Waals surface area (Å²) in [5.74, 6) is 0.554. The van der Waals surface area contributed by atoms with Crippen molar-refractivity contribution in [2.24, 2.45) is 11.7 Å². The van der Waals surface area contributed by atoms with Gasteiger partial charge in [-0.15, -0.1) is 0 Å². The molecule has 1 aromatic rings. The van der Waals surface area contributed by atoms with Crippen molar-refractivity contribution < 1.29 is 4.79 Å². The third-order valence-electron chi connectivity index (χ3n) is 3.35. The lowest BCUT2D eigenvalue weighted by Gasteiger charge is -2.21. The monoisotopic (exact) mass is 282 g/mol. The van der Waals surface area contributed by atoms with Crippen LogP contribution in [0.3, 0.4) is 0 Å². The van der Waals surface area contributed by atoms with Crippen LogP contribution in [0.1, 0.15) is 25.8 Å². The van der Waals surface area contributed by atoms with Crippen LogP contribution in [0, 0.1) is 5.92 Å². The number of hydrogen-bond donors (Lipinski definition) is 1. The summed E-state index contributed by atoms with van der Waals surface area (Å²) >= 11 is 5.82. The van der Waals surface area contributed by atoms with Crippen LogP contribution in [-0.4, -0.2) is 30.4 Å². The number of hydrogen-bond acceptors (Lipinski definition) is 2. The van der Waals surface area contributed by atoms with Crippen molar-refractivity contribution in [1.82, 2.24) is 4.90 Å². The van der Waals surface area contributed by atoms with E-state index in [9.17, 15) is 4.79 Å². The maximum Gasteiger partial charge on any atom is 0.226 e. The van der Waals surface area contributed by atoms with Gasteiger partial charge >= 0.3 is 0 Å². The molecule has 0 aliphatic heterocycles. The Balaban J connectivity index is 2.42. The van der Waals surface area contributed by atoms with E-state index in [0.717, 1.165) is 12.0 Å². The van der Waals surface area contributed by atoms with Crippen molar-refractivity contribution in [3.8, 4) is 0 Å². The molecular formula is C15H23ClN2O. The quantitative estimate of drug-likeness (QED) is 0.872. The van der Waals surface area contributed by atoms with E-state index in [0.29, 0.717) is 23.9 Å². The summed E-state index contributed by atoms with van der Waals surface area (Å²) in [5.41, 5.74) is 6.96. The van der Waals surface area contributed by atoms with E-state index in [1.165, 1.54) is 0 Å². The van der Waals surface area contributed by atoms with Gasteiger partial charge in [0.05, 0.1) is 6.42 Å². The summed E-state index contributed by atoms with van der Waals surface area (Å²) in [5, 5.41) is 0.687. The van der Waals surface area contributed by atoms with E-state index < -0.39 is 0 Å². The molecule has 0 fully saturated rings. The standard InChI is InChI=1S/C15H23ClN2O/c1-11(2)14(17)8-9-18(3)15(19)10-12-4-6-13(16)7-5-12/h4-7,11,14H,8-10,17H2,1-3H3. The minimum Gasteiger partial charge on any atom is -0.345 e. The third-order valence-corrected chi connectivity index (χ3v) is 3.60. The van der Waals surface area contributed by atoms with E-state index in [1.807, 2.05) is 19.2 Å². The number of nitrogens with zero attached hydrogens (tertiary/aromatic N) is 1. The SMILES string of the molecule is CC(C)C(N)CCN(C)C(=O)Cc1ccc(Cl)cc1. The van der Waals surface area contributed by atoms with Gasteiger partial charge in [0.2, 0.25) is 5.91 Å². The average molecular weight is 283 g/mol. The van der Waals surface area contributed by atoms with Crippen LogP contribution in [0.4, 0.5) is 0 Å². The van der Waals surface area contributed by atoms with Crippen LogP contribution in [-0.2, 0) is 11.2 Å². The summed E-state index contributed by atoms with van der Waals surface area (Å²) in [4.78, 5) is 13.8. The van der Waals surface area contributed by atoms with Gasteiger partial charge in [-0.3, -0.25) is 4.79 Å². The molecule has 19 heavy (non-hydrogen) atoms. The Bertz CT molecular complexity index is 403. The molecule has 1 unspecified atom stereocenters. The first kappa shape index (κ1) is 16.0. The maximum atomic E-state index is 12.0. The molecular weight excluding hydrogens is 260 g/mol. The number of nitrogens with two attached hydrogens (primary N) is 1. The van der Waals surface area contributed by atoms with Crippen molar-refractivity contribution >= 4 is 17.5 Å². The van der Waals surface area contributed by atoms with Gasteiger partial charge in [0.25, 0.3) is 0 Å². The maximum absolute atomic E-state index is 12.0. The fourth-order valence-electron chi connectivity index (χ4n) is 1.71. The Morgan fingerprint density at radius 2 is 1.89 bits per heavy atom. The zero-order valence-electron chi connectivity index (χ0n) is 11.9. The lowest BCUT2D eigenvalue weighted by molar-refractivity contribution is -0.129. The highest BCUT2D eigenvalue weighted by atomic mass is 35.5. The van der Waals surface area contributed by atoms with E-state index in [4.69, 9.17) is 17.3 Å². The Morgan fingerprint density at radius 1 is 1.32 bits per heavy atom. The normalized spacial score (nSPS) is 12.5. The lowest BCUT2D eigenvalue weighted by Crippen LogP contribution is -2.35. The number of benzene rings is 1. The van der Waals surface area contributed by atoms with Crippen LogP contribution in [0.25, 0.3) is 0 Å². The van der Waals surface area contributed by atoms with E-state index in [1.54, 1.807) is 17.0 Å². The second kappa shape index (κ2) is 7.51.